The predicted octanol–water partition coefficient (Wildman–Crippen LogP) is 6.80. The molecule has 2 rings (SSSR count). The van der Waals surface area contributed by atoms with Crippen molar-refractivity contribution >= 4 is 0 Å². The van der Waals surface area contributed by atoms with Crippen LogP contribution in [-0.2, 0) is 5.41 Å². The van der Waals surface area contributed by atoms with Crippen molar-refractivity contribution in [3.8, 4) is 11.1 Å². The summed E-state index contributed by atoms with van der Waals surface area (Å²) in [6, 6.07) is 16.8. The molecule has 2 nitrogen and oxygen atoms in total. The van der Waals surface area contributed by atoms with E-state index in [0.29, 0.717) is 0 Å². The van der Waals surface area contributed by atoms with E-state index in [1.165, 1.54) is 18.4 Å². The average Bonchev–Trinajstić information content (AvgIpc) is 2.72. The molecule has 2 aromatic carbocycles. The predicted molar refractivity (Wildman–Crippen MR) is 120 cm³/mol. The molecule has 0 heterocycles. The Kier molecular flexibility index (Phi) is 8.72. The number of unbranched alkanes of at least 4 members (excludes halogenated alkanes) is 3. The molecular formula is C26H38O2. The highest BCUT2D eigenvalue weighted by molar-refractivity contribution is 5.65. The van der Waals surface area contributed by atoms with Gasteiger partial charge in [0.1, 0.15) is 0 Å². The first kappa shape index (κ1) is 22.6. The molecule has 0 radical (unpaired) electrons. The van der Waals surface area contributed by atoms with E-state index < -0.39 is 0 Å². The van der Waals surface area contributed by atoms with Crippen molar-refractivity contribution in [2.45, 2.75) is 90.3 Å². The smallest absolute Gasteiger partial charge is 0.0790 e. The molecule has 0 saturated heterocycles. The summed E-state index contributed by atoms with van der Waals surface area (Å²) in [7, 11) is 0. The maximum absolute atomic E-state index is 10.8. The molecule has 2 unspecified atom stereocenters. The van der Waals surface area contributed by atoms with E-state index in [0.717, 1.165) is 48.8 Å². The third-order valence-electron chi connectivity index (χ3n) is 5.98. The minimum atomic E-state index is -0.377. The average molecular weight is 383 g/mol. The van der Waals surface area contributed by atoms with Crippen LogP contribution < -0.4 is 0 Å². The van der Waals surface area contributed by atoms with Crippen LogP contribution in [-0.4, -0.2) is 16.3 Å². The molecule has 0 aliphatic carbocycles. The second-order valence-electron chi connectivity index (χ2n) is 8.59. The third kappa shape index (κ3) is 5.93. The van der Waals surface area contributed by atoms with E-state index >= 15 is 0 Å². The highest BCUT2D eigenvalue weighted by atomic mass is 16.3. The van der Waals surface area contributed by atoms with Crippen LogP contribution in [0.5, 0.6) is 0 Å². The Labute approximate surface area is 171 Å². The summed E-state index contributed by atoms with van der Waals surface area (Å²) >= 11 is 0. The van der Waals surface area contributed by atoms with Crippen molar-refractivity contribution in [3.63, 3.8) is 0 Å². The molecule has 154 valence electrons. The van der Waals surface area contributed by atoms with Gasteiger partial charge < -0.3 is 10.2 Å². The van der Waals surface area contributed by atoms with E-state index in [1.54, 1.807) is 0 Å². The molecule has 0 aromatic heterocycles. The Bertz CT molecular complexity index is 703. The van der Waals surface area contributed by atoms with Gasteiger partial charge in [0, 0.05) is 5.41 Å². The fourth-order valence-electron chi connectivity index (χ4n) is 3.70. The van der Waals surface area contributed by atoms with Gasteiger partial charge in [-0.15, -0.1) is 0 Å². The second kappa shape index (κ2) is 10.8. The monoisotopic (exact) mass is 382 g/mol. The molecule has 2 heteroatoms. The Hall–Kier alpha value is -1.64. The van der Waals surface area contributed by atoms with Crippen molar-refractivity contribution in [1.82, 2.24) is 0 Å². The molecule has 2 N–H and O–H groups in total. The van der Waals surface area contributed by atoms with Gasteiger partial charge >= 0.3 is 0 Å². The summed E-state index contributed by atoms with van der Waals surface area (Å²) in [6.07, 6.45) is 6.49. The van der Waals surface area contributed by atoms with Gasteiger partial charge in [0.25, 0.3) is 0 Å². The number of aliphatic hydroxyl groups excluding tert-OH is 2. The van der Waals surface area contributed by atoms with Crippen LogP contribution in [0.2, 0.25) is 0 Å². The molecule has 2 aromatic rings. The summed E-state index contributed by atoms with van der Waals surface area (Å²) in [5.74, 6) is 0. The normalized spacial score (nSPS) is 14.1. The molecular weight excluding hydrogens is 344 g/mol. The largest absolute Gasteiger partial charge is 0.392 e. The Morgan fingerprint density at radius 2 is 1.46 bits per heavy atom. The Morgan fingerprint density at radius 1 is 0.786 bits per heavy atom. The minimum Gasteiger partial charge on any atom is -0.392 e. The zero-order chi connectivity index (χ0) is 20.6. The van der Waals surface area contributed by atoms with E-state index in [9.17, 15) is 10.2 Å². The first-order valence-corrected chi connectivity index (χ1v) is 11.0. The number of hydrogen-bond donors (Lipinski definition) is 2. The van der Waals surface area contributed by atoms with Gasteiger partial charge in [0.2, 0.25) is 0 Å². The quantitative estimate of drug-likeness (QED) is 0.420. The lowest BCUT2D eigenvalue weighted by molar-refractivity contribution is 0.0886. The molecule has 0 saturated carbocycles. The zero-order valence-electron chi connectivity index (χ0n) is 18.1. The summed E-state index contributed by atoms with van der Waals surface area (Å²) in [4.78, 5) is 0. The van der Waals surface area contributed by atoms with Crippen LogP contribution in [0, 0.1) is 0 Å². The van der Waals surface area contributed by atoms with Crippen LogP contribution in [0.1, 0.15) is 89.9 Å². The molecule has 0 amide bonds. The lowest BCUT2D eigenvalue weighted by atomic mass is 9.77. The van der Waals surface area contributed by atoms with Gasteiger partial charge in [0.05, 0.1) is 12.2 Å². The number of benzene rings is 2. The number of rotatable bonds is 11. The van der Waals surface area contributed by atoms with E-state index in [2.05, 4.69) is 64.1 Å². The van der Waals surface area contributed by atoms with Crippen LogP contribution in [0.25, 0.3) is 11.1 Å². The minimum absolute atomic E-state index is 0.278. The standard InChI is InChI=1S/C26H38O2/c1-5-7-9-14-25(28)26(3,4)23-12-10-11-22(19-23)20-15-17-21(18-16-20)24(27)13-8-6-2/h10-12,15-19,24-25,27-28H,5-9,13-14H2,1-4H3. The topological polar surface area (TPSA) is 40.5 Å². The van der Waals surface area contributed by atoms with Crippen molar-refractivity contribution in [1.29, 1.82) is 0 Å². The lowest BCUT2D eigenvalue weighted by Gasteiger charge is -2.31. The van der Waals surface area contributed by atoms with Gasteiger partial charge in [-0.2, -0.15) is 0 Å². The summed E-state index contributed by atoms with van der Waals surface area (Å²) < 4.78 is 0. The van der Waals surface area contributed by atoms with Crippen LogP contribution in [0.3, 0.4) is 0 Å². The van der Waals surface area contributed by atoms with Gasteiger partial charge in [-0.3, -0.25) is 0 Å². The molecule has 0 bridgehead atoms. The van der Waals surface area contributed by atoms with E-state index in [4.69, 9.17) is 0 Å². The molecule has 0 fully saturated rings. The van der Waals surface area contributed by atoms with Gasteiger partial charge in [-0.1, -0.05) is 108 Å². The first-order valence-electron chi connectivity index (χ1n) is 11.0. The summed E-state index contributed by atoms with van der Waals surface area (Å²) in [6.45, 7) is 8.60. The SMILES string of the molecule is CCCCCC(O)C(C)(C)c1cccc(-c2ccc(C(O)CCCC)cc2)c1. The van der Waals surface area contributed by atoms with Gasteiger partial charge in [-0.25, -0.2) is 0 Å². The van der Waals surface area contributed by atoms with Crippen LogP contribution >= 0.6 is 0 Å². The lowest BCUT2D eigenvalue weighted by Crippen LogP contribution is -2.33. The van der Waals surface area contributed by atoms with E-state index in [-0.39, 0.29) is 17.6 Å². The van der Waals surface area contributed by atoms with E-state index in [1.807, 2.05) is 12.1 Å². The van der Waals surface area contributed by atoms with Gasteiger partial charge in [-0.05, 0) is 35.1 Å². The summed E-state index contributed by atoms with van der Waals surface area (Å²) in [5.41, 5.74) is 4.17. The van der Waals surface area contributed by atoms with Crippen molar-refractivity contribution in [3.05, 3.63) is 59.7 Å². The fourth-order valence-corrected chi connectivity index (χ4v) is 3.70. The molecule has 0 aliphatic heterocycles. The van der Waals surface area contributed by atoms with Crippen molar-refractivity contribution < 1.29 is 10.2 Å². The first-order chi connectivity index (χ1) is 13.4. The molecule has 0 spiro atoms. The Balaban J connectivity index is 2.15. The maximum Gasteiger partial charge on any atom is 0.0790 e. The van der Waals surface area contributed by atoms with Crippen LogP contribution in [0.4, 0.5) is 0 Å². The zero-order valence-corrected chi connectivity index (χ0v) is 18.1. The van der Waals surface area contributed by atoms with Gasteiger partial charge in [0.15, 0.2) is 0 Å². The van der Waals surface area contributed by atoms with Crippen LogP contribution in [0.15, 0.2) is 48.5 Å². The Morgan fingerprint density at radius 3 is 2.11 bits per heavy atom. The molecule has 2 atom stereocenters. The number of aliphatic hydroxyl groups is 2. The second-order valence-corrected chi connectivity index (χ2v) is 8.59. The highest BCUT2D eigenvalue weighted by Gasteiger charge is 2.29. The fraction of sp³-hybridized carbons (Fsp3) is 0.538. The highest BCUT2D eigenvalue weighted by Crippen LogP contribution is 2.33. The molecule has 28 heavy (non-hydrogen) atoms. The number of hydrogen-bond acceptors (Lipinski definition) is 2. The summed E-state index contributed by atoms with van der Waals surface area (Å²) in [5, 5.41) is 21.0. The maximum atomic E-state index is 10.8. The third-order valence-corrected chi connectivity index (χ3v) is 5.98. The molecule has 0 aliphatic rings. The van der Waals surface area contributed by atoms with Crippen molar-refractivity contribution in [2.24, 2.45) is 0 Å². The van der Waals surface area contributed by atoms with Crippen molar-refractivity contribution in [2.75, 3.05) is 0 Å².